The normalized spacial score (nSPS) is 27.3. The summed E-state index contributed by atoms with van der Waals surface area (Å²) in [5.41, 5.74) is 7.57. The van der Waals surface area contributed by atoms with E-state index in [1.165, 1.54) is 31.2 Å². The van der Waals surface area contributed by atoms with E-state index in [0.717, 1.165) is 11.4 Å². The molecule has 1 fully saturated rings. The van der Waals surface area contributed by atoms with Gasteiger partial charge < -0.3 is 5.73 Å². The molecule has 2 atom stereocenters. The zero-order valence-corrected chi connectivity index (χ0v) is 9.71. The fourth-order valence-corrected chi connectivity index (χ4v) is 2.59. The molecule has 0 unspecified atom stereocenters. The molecule has 2 rings (SSSR count). The zero-order valence-electron chi connectivity index (χ0n) is 8.95. The number of rotatable bonds is 1. The van der Waals surface area contributed by atoms with Crippen LogP contribution in [0.15, 0.2) is 24.3 Å². The first-order valence-corrected chi connectivity index (χ1v) is 6.16. The second-order valence-electron chi connectivity index (χ2n) is 4.46. The van der Waals surface area contributed by atoms with Crippen molar-refractivity contribution in [3.8, 4) is 0 Å². The molecule has 1 nitrogen and oxygen atoms in total. The Morgan fingerprint density at radius 1 is 1.00 bits per heavy atom. The summed E-state index contributed by atoms with van der Waals surface area (Å²) in [4.78, 5) is 0. The van der Waals surface area contributed by atoms with Gasteiger partial charge in [0.25, 0.3) is 0 Å². The predicted octanol–water partition coefficient (Wildman–Crippen LogP) is 3.72. The Labute approximate surface area is 96.6 Å². The van der Waals surface area contributed by atoms with Crippen molar-refractivity contribution in [3.63, 3.8) is 0 Å². The molecule has 0 amide bonds. The van der Waals surface area contributed by atoms with Crippen molar-refractivity contribution < 1.29 is 0 Å². The highest BCUT2D eigenvalue weighted by Gasteiger charge is 2.21. The largest absolute Gasteiger partial charge is 0.327 e. The molecule has 0 aromatic heterocycles. The lowest BCUT2D eigenvalue weighted by atomic mass is 9.88. The molecule has 1 aliphatic rings. The van der Waals surface area contributed by atoms with E-state index in [1.807, 2.05) is 12.1 Å². The third-order valence-corrected chi connectivity index (χ3v) is 3.62. The van der Waals surface area contributed by atoms with Crippen molar-refractivity contribution in [2.75, 3.05) is 0 Å². The maximum absolute atomic E-state index is 6.22. The molecule has 1 aromatic rings. The minimum absolute atomic E-state index is 0.327. The summed E-state index contributed by atoms with van der Waals surface area (Å²) in [6, 6.07) is 8.51. The lowest BCUT2D eigenvalue weighted by Crippen LogP contribution is -2.27. The Kier molecular flexibility index (Phi) is 3.66. The van der Waals surface area contributed by atoms with Gasteiger partial charge in [-0.15, -0.1) is 0 Å². The van der Waals surface area contributed by atoms with E-state index in [-0.39, 0.29) is 0 Å². The third kappa shape index (κ3) is 2.73. The van der Waals surface area contributed by atoms with Crippen molar-refractivity contribution in [2.45, 2.75) is 44.1 Å². The SMILES string of the molecule is N[C@@H]1CCCCC[C@H]1c1ccc(Cl)cc1. The van der Waals surface area contributed by atoms with E-state index >= 15 is 0 Å². The monoisotopic (exact) mass is 223 g/mol. The van der Waals surface area contributed by atoms with E-state index in [2.05, 4.69) is 12.1 Å². The standard InChI is InChI=1S/C13H18ClN/c14-11-8-6-10(7-9-11)12-4-2-1-3-5-13(12)15/h6-9,12-13H,1-5,15H2/t12-,13+/m0/s1. The van der Waals surface area contributed by atoms with Crippen LogP contribution in [0.25, 0.3) is 0 Å². The van der Waals surface area contributed by atoms with Gasteiger partial charge in [-0.1, -0.05) is 43.0 Å². The molecule has 1 aromatic carbocycles. The summed E-state index contributed by atoms with van der Waals surface area (Å²) >= 11 is 5.89. The number of hydrogen-bond donors (Lipinski definition) is 1. The maximum atomic E-state index is 6.22. The highest BCUT2D eigenvalue weighted by atomic mass is 35.5. The molecule has 15 heavy (non-hydrogen) atoms. The minimum Gasteiger partial charge on any atom is -0.327 e. The van der Waals surface area contributed by atoms with Gasteiger partial charge in [0, 0.05) is 11.1 Å². The van der Waals surface area contributed by atoms with E-state index in [1.54, 1.807) is 0 Å². The van der Waals surface area contributed by atoms with Gasteiger partial charge in [-0.2, -0.15) is 0 Å². The minimum atomic E-state index is 0.327. The average molecular weight is 224 g/mol. The Morgan fingerprint density at radius 2 is 1.67 bits per heavy atom. The molecule has 1 saturated carbocycles. The van der Waals surface area contributed by atoms with Gasteiger partial charge in [-0.3, -0.25) is 0 Å². The van der Waals surface area contributed by atoms with E-state index < -0.39 is 0 Å². The lowest BCUT2D eigenvalue weighted by molar-refractivity contribution is 0.505. The first-order valence-electron chi connectivity index (χ1n) is 5.78. The molecule has 0 spiro atoms. The number of halogens is 1. The topological polar surface area (TPSA) is 26.0 Å². The van der Waals surface area contributed by atoms with Gasteiger partial charge in [-0.25, -0.2) is 0 Å². The van der Waals surface area contributed by atoms with Gasteiger partial charge in [0.15, 0.2) is 0 Å². The number of hydrogen-bond acceptors (Lipinski definition) is 1. The van der Waals surface area contributed by atoms with Crippen molar-refractivity contribution >= 4 is 11.6 Å². The molecule has 0 radical (unpaired) electrons. The Morgan fingerprint density at radius 3 is 2.40 bits per heavy atom. The van der Waals surface area contributed by atoms with Crippen LogP contribution in [0, 0.1) is 0 Å². The fraction of sp³-hybridized carbons (Fsp3) is 0.538. The summed E-state index contributed by atoms with van der Waals surface area (Å²) in [6.07, 6.45) is 6.31. The van der Waals surface area contributed by atoms with Crippen LogP contribution >= 0.6 is 11.6 Å². The maximum Gasteiger partial charge on any atom is 0.0406 e. The summed E-state index contributed by atoms with van der Waals surface area (Å²) < 4.78 is 0. The van der Waals surface area contributed by atoms with Crippen molar-refractivity contribution in [3.05, 3.63) is 34.9 Å². The summed E-state index contributed by atoms with van der Waals surface area (Å²) in [5.74, 6) is 0.532. The van der Waals surface area contributed by atoms with Gasteiger partial charge in [0.05, 0.1) is 0 Å². The van der Waals surface area contributed by atoms with Crippen molar-refractivity contribution in [1.82, 2.24) is 0 Å². The Hall–Kier alpha value is -0.530. The van der Waals surface area contributed by atoms with Crippen LogP contribution in [0.4, 0.5) is 0 Å². The molecular weight excluding hydrogens is 206 g/mol. The molecule has 0 saturated heterocycles. The number of benzene rings is 1. The summed E-state index contributed by atoms with van der Waals surface area (Å²) in [6.45, 7) is 0. The molecule has 82 valence electrons. The van der Waals surface area contributed by atoms with Crippen molar-refractivity contribution in [2.24, 2.45) is 5.73 Å². The molecule has 0 heterocycles. The van der Waals surface area contributed by atoms with Crippen LogP contribution in [0.1, 0.15) is 43.6 Å². The molecule has 2 N–H and O–H groups in total. The molecule has 0 bridgehead atoms. The van der Waals surface area contributed by atoms with Crippen LogP contribution in [-0.2, 0) is 0 Å². The first kappa shape index (κ1) is 11.0. The highest BCUT2D eigenvalue weighted by molar-refractivity contribution is 6.30. The number of nitrogens with two attached hydrogens (primary N) is 1. The second kappa shape index (κ2) is 5.00. The molecule has 2 heteroatoms. The Bertz CT molecular complexity index is 307. The van der Waals surface area contributed by atoms with Crippen LogP contribution < -0.4 is 5.73 Å². The van der Waals surface area contributed by atoms with E-state index in [4.69, 9.17) is 17.3 Å². The van der Waals surface area contributed by atoms with E-state index in [0.29, 0.717) is 12.0 Å². The Balaban J connectivity index is 2.16. The molecule has 0 aliphatic heterocycles. The van der Waals surface area contributed by atoms with Crippen LogP contribution in [0.2, 0.25) is 5.02 Å². The average Bonchev–Trinajstić information content (AvgIpc) is 2.44. The van der Waals surface area contributed by atoms with E-state index in [9.17, 15) is 0 Å². The second-order valence-corrected chi connectivity index (χ2v) is 4.90. The van der Waals surface area contributed by atoms with Crippen molar-refractivity contribution in [1.29, 1.82) is 0 Å². The van der Waals surface area contributed by atoms with Gasteiger partial charge >= 0.3 is 0 Å². The predicted molar refractivity (Wildman–Crippen MR) is 65.3 cm³/mol. The van der Waals surface area contributed by atoms with Crippen LogP contribution in [0.5, 0.6) is 0 Å². The molecule has 1 aliphatic carbocycles. The van der Waals surface area contributed by atoms with Gasteiger partial charge in [-0.05, 0) is 36.5 Å². The first-order chi connectivity index (χ1) is 7.27. The fourth-order valence-electron chi connectivity index (χ4n) is 2.46. The summed E-state index contributed by atoms with van der Waals surface area (Å²) in [5, 5.41) is 0.806. The molecular formula is C13H18ClN. The van der Waals surface area contributed by atoms with Crippen LogP contribution in [-0.4, -0.2) is 6.04 Å². The smallest absolute Gasteiger partial charge is 0.0406 e. The highest BCUT2D eigenvalue weighted by Crippen LogP contribution is 2.31. The lowest BCUT2D eigenvalue weighted by Gasteiger charge is -2.21. The summed E-state index contributed by atoms with van der Waals surface area (Å²) in [7, 11) is 0. The van der Waals surface area contributed by atoms with Crippen LogP contribution in [0.3, 0.4) is 0 Å². The quantitative estimate of drug-likeness (QED) is 0.722. The van der Waals surface area contributed by atoms with Gasteiger partial charge in [0.2, 0.25) is 0 Å². The third-order valence-electron chi connectivity index (χ3n) is 3.37. The van der Waals surface area contributed by atoms with Gasteiger partial charge in [0.1, 0.15) is 0 Å². The zero-order chi connectivity index (χ0) is 10.7.